The van der Waals surface area contributed by atoms with E-state index >= 15 is 0 Å². The number of benzene rings is 2. The van der Waals surface area contributed by atoms with Gasteiger partial charge in [-0.2, -0.15) is 0 Å². The van der Waals surface area contributed by atoms with Crippen LogP contribution < -0.4 is 15.6 Å². The van der Waals surface area contributed by atoms with Crippen LogP contribution in [0.4, 0.5) is 5.69 Å². The average molecular weight is 495 g/mol. The number of aliphatic hydroxyl groups is 1. The summed E-state index contributed by atoms with van der Waals surface area (Å²) < 4.78 is 5.98. The van der Waals surface area contributed by atoms with E-state index in [1.807, 2.05) is 18.3 Å². The molecule has 0 bridgehead atoms. The molecule has 2 aromatic carbocycles. The highest BCUT2D eigenvalue weighted by Gasteiger charge is 2.17. The third kappa shape index (κ3) is 3.63. The Morgan fingerprint density at radius 3 is 2.78 bits per heavy atom. The molecule has 9 nitrogen and oxygen atoms in total. The van der Waals surface area contributed by atoms with Crippen molar-refractivity contribution in [3.8, 4) is 17.1 Å². The van der Waals surface area contributed by atoms with Gasteiger partial charge in [0.25, 0.3) is 5.56 Å². The average Bonchev–Trinajstić information content (AvgIpc) is 3.41. The Morgan fingerprint density at radius 2 is 2.00 bits per heavy atom. The molecular weight excluding hydrogens is 476 g/mol. The quantitative estimate of drug-likeness (QED) is 0.244. The fourth-order valence-electron chi connectivity index (χ4n) is 3.62. The highest BCUT2D eigenvalue weighted by atomic mass is 79.9. The summed E-state index contributed by atoms with van der Waals surface area (Å²) in [5, 5.41) is 20.8. The van der Waals surface area contributed by atoms with E-state index in [0.29, 0.717) is 39.4 Å². The summed E-state index contributed by atoms with van der Waals surface area (Å²) in [7, 11) is 1.58. The predicted molar refractivity (Wildman–Crippen MR) is 126 cm³/mol. The van der Waals surface area contributed by atoms with Gasteiger partial charge in [0.15, 0.2) is 5.82 Å². The second-order valence-electron chi connectivity index (χ2n) is 7.28. The standard InChI is InChI=1S/C22H19BrN6O3/c1-32-19-3-2-11(6-13(19)23)18(30)10-25-14-4-5-24-22(31)20(14)21-27-16-7-12-9-26-29-15(12)8-17(16)28-21/h2-9,18,26,29-30H,10H2,1H3,(H2,24,25,31). The minimum atomic E-state index is -0.805. The Balaban J connectivity index is 1.45. The first-order valence-corrected chi connectivity index (χ1v) is 10.6. The van der Waals surface area contributed by atoms with Gasteiger partial charge in [-0.05, 0) is 51.8 Å². The third-order valence-corrected chi connectivity index (χ3v) is 5.88. The number of anilines is 1. The van der Waals surface area contributed by atoms with Gasteiger partial charge in [-0.25, -0.2) is 9.97 Å². The number of imidazole rings is 1. The Labute approximate surface area is 190 Å². The largest absolute Gasteiger partial charge is 0.496 e. The maximum absolute atomic E-state index is 12.7. The van der Waals surface area contributed by atoms with Crippen LogP contribution >= 0.6 is 15.9 Å². The zero-order valence-electron chi connectivity index (χ0n) is 16.9. The molecule has 5 aromatic rings. The van der Waals surface area contributed by atoms with Gasteiger partial charge in [-0.15, -0.1) is 0 Å². The first kappa shape index (κ1) is 20.3. The van der Waals surface area contributed by atoms with Crippen molar-refractivity contribution in [2.24, 2.45) is 0 Å². The number of methoxy groups -OCH3 is 1. The van der Waals surface area contributed by atoms with Crippen LogP contribution in [0.15, 0.2) is 58.1 Å². The lowest BCUT2D eigenvalue weighted by Crippen LogP contribution is -2.17. The highest BCUT2D eigenvalue weighted by Crippen LogP contribution is 2.29. The SMILES string of the molecule is COc1ccc(C(O)CNc2cc[nH]c(=O)c2-c2nc3cc4c[nH][nH]c4cc3n2)cc1Br. The molecule has 0 saturated heterocycles. The molecule has 3 heterocycles. The molecule has 10 heteroatoms. The van der Waals surface area contributed by atoms with Gasteiger partial charge in [-0.1, -0.05) is 6.07 Å². The molecule has 3 aromatic heterocycles. The number of aromatic nitrogens is 5. The summed E-state index contributed by atoms with van der Waals surface area (Å²) in [5.74, 6) is 1.00. The minimum absolute atomic E-state index is 0.189. The number of pyridine rings is 1. The molecule has 32 heavy (non-hydrogen) atoms. The molecule has 0 spiro atoms. The van der Waals surface area contributed by atoms with Gasteiger partial charge in [0.2, 0.25) is 0 Å². The van der Waals surface area contributed by atoms with E-state index in [0.717, 1.165) is 15.4 Å². The lowest BCUT2D eigenvalue weighted by molar-refractivity contribution is 0.191. The Morgan fingerprint density at radius 1 is 1.19 bits per heavy atom. The van der Waals surface area contributed by atoms with Crippen LogP contribution in [0.2, 0.25) is 0 Å². The second-order valence-corrected chi connectivity index (χ2v) is 8.13. The van der Waals surface area contributed by atoms with Crippen molar-refractivity contribution in [3.63, 3.8) is 0 Å². The molecule has 5 rings (SSSR count). The van der Waals surface area contributed by atoms with Crippen LogP contribution in [0.5, 0.6) is 5.75 Å². The number of nitrogens with zero attached hydrogens (tertiary/aromatic N) is 2. The van der Waals surface area contributed by atoms with Crippen LogP contribution in [0.1, 0.15) is 11.7 Å². The molecule has 0 radical (unpaired) electrons. The molecule has 0 aliphatic rings. The van der Waals surface area contributed by atoms with Crippen molar-refractivity contribution in [2.45, 2.75) is 6.10 Å². The normalized spacial score (nSPS) is 12.3. The van der Waals surface area contributed by atoms with Gasteiger partial charge in [0.1, 0.15) is 11.3 Å². The van der Waals surface area contributed by atoms with Crippen LogP contribution in [-0.2, 0) is 0 Å². The molecule has 0 aliphatic heterocycles. The van der Waals surface area contributed by atoms with Crippen LogP contribution in [-0.4, -0.2) is 43.9 Å². The lowest BCUT2D eigenvalue weighted by Gasteiger charge is -2.15. The first-order valence-electron chi connectivity index (χ1n) is 9.84. The number of fused-ring (bicyclic) bond motifs is 2. The summed E-state index contributed by atoms with van der Waals surface area (Å²) >= 11 is 3.43. The molecule has 162 valence electrons. The highest BCUT2D eigenvalue weighted by molar-refractivity contribution is 9.10. The minimum Gasteiger partial charge on any atom is -0.496 e. The van der Waals surface area contributed by atoms with Crippen molar-refractivity contribution in [1.82, 2.24) is 25.1 Å². The van der Waals surface area contributed by atoms with E-state index in [1.54, 1.807) is 37.6 Å². The van der Waals surface area contributed by atoms with Crippen molar-refractivity contribution in [1.29, 1.82) is 0 Å². The summed E-state index contributed by atoms with van der Waals surface area (Å²) in [6.45, 7) is 0.189. The first-order chi connectivity index (χ1) is 15.5. The smallest absolute Gasteiger partial charge is 0.261 e. The Kier molecular flexibility index (Phi) is 5.16. The van der Waals surface area contributed by atoms with E-state index < -0.39 is 6.10 Å². The van der Waals surface area contributed by atoms with Crippen LogP contribution in [0.3, 0.4) is 0 Å². The monoisotopic (exact) mass is 494 g/mol. The number of aliphatic hydroxyl groups excluding tert-OH is 1. The van der Waals surface area contributed by atoms with Crippen molar-refractivity contribution >= 4 is 43.6 Å². The molecule has 0 amide bonds. The number of halogens is 1. The fraction of sp³-hybridized carbons (Fsp3) is 0.136. The fourth-order valence-corrected chi connectivity index (χ4v) is 4.18. The Bertz CT molecular complexity index is 1440. The number of aromatic amines is 3. The summed E-state index contributed by atoms with van der Waals surface area (Å²) in [5.41, 5.74) is 3.53. The number of nitrogens with one attached hydrogen (secondary N) is 4. The maximum Gasteiger partial charge on any atom is 0.261 e. The number of ether oxygens (including phenoxy) is 1. The van der Waals surface area contributed by atoms with Crippen LogP contribution in [0.25, 0.3) is 33.3 Å². The zero-order chi connectivity index (χ0) is 22.2. The van der Waals surface area contributed by atoms with Crippen molar-refractivity contribution in [3.05, 3.63) is 69.2 Å². The van der Waals surface area contributed by atoms with Gasteiger partial charge >= 0.3 is 0 Å². The van der Waals surface area contributed by atoms with Gasteiger partial charge in [0, 0.05) is 24.3 Å². The molecule has 0 fully saturated rings. The van der Waals surface area contributed by atoms with E-state index in [4.69, 9.17) is 4.74 Å². The van der Waals surface area contributed by atoms with E-state index in [2.05, 4.69) is 46.4 Å². The maximum atomic E-state index is 12.7. The zero-order valence-corrected chi connectivity index (χ0v) is 18.5. The summed E-state index contributed by atoms with van der Waals surface area (Å²) in [6.07, 6.45) is 2.58. The van der Waals surface area contributed by atoms with E-state index in [1.165, 1.54) is 0 Å². The van der Waals surface area contributed by atoms with E-state index in [-0.39, 0.29) is 12.1 Å². The number of rotatable bonds is 6. The van der Waals surface area contributed by atoms with Crippen molar-refractivity contribution < 1.29 is 9.84 Å². The number of H-pyrrole nitrogens is 3. The molecule has 0 aliphatic carbocycles. The van der Waals surface area contributed by atoms with Gasteiger partial charge in [-0.3, -0.25) is 4.79 Å². The van der Waals surface area contributed by atoms with Gasteiger partial charge < -0.3 is 30.3 Å². The molecule has 1 unspecified atom stereocenters. The Hall–Kier alpha value is -3.63. The number of hydrogen-bond donors (Lipinski definition) is 5. The lowest BCUT2D eigenvalue weighted by atomic mass is 10.1. The topological polar surface area (TPSA) is 132 Å². The molecule has 1 atom stereocenters. The van der Waals surface area contributed by atoms with Crippen molar-refractivity contribution in [2.75, 3.05) is 19.0 Å². The molecular formula is C22H19BrN6O3. The summed E-state index contributed by atoms with van der Waals surface area (Å²) in [6, 6.07) is 10.9. The molecule has 5 N–H and O–H groups in total. The number of hydrogen-bond acceptors (Lipinski definition) is 6. The van der Waals surface area contributed by atoms with E-state index in [9.17, 15) is 9.90 Å². The second kappa shape index (κ2) is 8.13. The third-order valence-electron chi connectivity index (χ3n) is 5.26. The summed E-state index contributed by atoms with van der Waals surface area (Å²) in [4.78, 5) is 24.5. The molecule has 0 saturated carbocycles. The predicted octanol–water partition coefficient (Wildman–Crippen LogP) is 3.71. The van der Waals surface area contributed by atoms with Crippen LogP contribution in [0, 0.1) is 0 Å². The van der Waals surface area contributed by atoms with Gasteiger partial charge in [0.05, 0.1) is 39.9 Å².